The first-order valence-corrected chi connectivity index (χ1v) is 50.2. The molecule has 0 saturated heterocycles. The molecule has 0 aliphatic heterocycles. The fraction of sp³-hybridized carbons (Fsp3) is 0.318. The van der Waals surface area contributed by atoms with Crippen molar-refractivity contribution in [3.8, 4) is 56.3 Å². The van der Waals surface area contributed by atoms with Gasteiger partial charge in [0, 0.05) is 169 Å². The van der Waals surface area contributed by atoms with Crippen molar-refractivity contribution in [1.29, 1.82) is 0 Å². The van der Waals surface area contributed by atoms with Crippen LogP contribution in [0.25, 0.3) is 190 Å². The van der Waals surface area contributed by atoms with Gasteiger partial charge in [0.05, 0.1) is 71.6 Å². The highest BCUT2D eigenvalue weighted by Gasteiger charge is 2.34. The number of aromatic nitrogens is 5. The summed E-state index contributed by atoms with van der Waals surface area (Å²) in [6, 6.07) is 38.2. The Hall–Kier alpha value is -15.6. The summed E-state index contributed by atoms with van der Waals surface area (Å²) >= 11 is 0. The van der Waals surface area contributed by atoms with Gasteiger partial charge in [-0.3, -0.25) is 0 Å². The first-order valence-electron chi connectivity index (χ1n) is 61.7. The number of hydrogen-bond acceptors (Lipinski definition) is 5. The summed E-state index contributed by atoms with van der Waals surface area (Å²) < 4.78 is 237. The van der Waals surface area contributed by atoms with E-state index in [9.17, 15) is 8.22 Å². The molecule has 10 aromatic heterocycles. The van der Waals surface area contributed by atoms with Crippen LogP contribution in [0.3, 0.4) is 0 Å². The number of nitrogens with zero attached hydrogens (tertiary/aromatic N) is 10. The van der Waals surface area contributed by atoms with E-state index in [0.29, 0.717) is 240 Å². The summed E-state index contributed by atoms with van der Waals surface area (Å²) in [7, 11) is 9.09. The normalized spacial score (nSPS) is 16.9. The van der Waals surface area contributed by atoms with Crippen LogP contribution in [0.2, 0.25) is 0 Å². The highest BCUT2D eigenvalue weighted by atomic mass is 16.3. The molecule has 0 atom stereocenters. The molecule has 10 heterocycles. The Bertz CT molecular complexity index is 10300. The Morgan fingerprint density at radius 1 is 0.265 bits per heavy atom. The maximum atomic E-state index is 9.32. The predicted octanol–water partition coefficient (Wildman–Crippen LogP) is 35.1. The number of fused-ring (bicyclic) bond motifs is 15. The van der Waals surface area contributed by atoms with Crippen molar-refractivity contribution in [3.05, 3.63) is 350 Å². The van der Waals surface area contributed by atoms with Gasteiger partial charge in [0.2, 0.25) is 28.5 Å². The lowest BCUT2D eigenvalue weighted by Crippen LogP contribution is -2.36. The summed E-state index contributed by atoms with van der Waals surface area (Å²) in [5.74, 6) is -2.91. The summed E-state index contributed by atoms with van der Waals surface area (Å²) in [6.45, 7) is 55.5. The number of furan rings is 5. The van der Waals surface area contributed by atoms with E-state index < -0.39 is 45.1 Å². The number of benzene rings is 10. The standard InChI is InChI=1S/3C28H29N2O.2C24H23N2O/c1-17-13-18(2)27(28-26(17)23-12-11-22(29-4)16-25(23)31-28)24-15-21(14-19(3)30(24)5)20-9-7-6-8-10-20;1-17-11-12-23-26-18(2)13-22(29-4)16-25(26)31-28(23)27(17)24-15-21(14-19(3)30(24)5)20-9-7-6-8-10-20;1-17-11-12-22-23-13-18(2)24(29-4)16-26(23)31-28(22)27(17)25-15-21(14-19(3)30(25)5)20-9-7-6-8-10-20;1-13-8-9-18-19-10-15(3)20(25-6)12-22(19)27-24(18)23(13)21-11-14(2)16(4)17(5)26(21)7;1-13-8-9-19-18-10-11-20(25-6)16(4)23(18)27-24(19)22(13)21-12-14(2)15(3)17(5)26(21)7/h3*11-16,20H,6-10H2,1-3,5H3;2*8-12H,1-5,7H3/q5*+1/i1D3,14D,15D,20D;2D3,14D,15D,20D;14D,15D,20D;4D3,11D;3D3,12D. The number of hydrogen-bond donors (Lipinski definition) is 0. The third-order valence-corrected chi connectivity index (χ3v) is 30.6. The molecule has 15 heteroatoms. The van der Waals surface area contributed by atoms with E-state index in [1.165, 1.54) is 6.07 Å². The fourth-order valence-electron chi connectivity index (χ4n) is 21.6. The molecule has 3 saturated carbocycles. The van der Waals surface area contributed by atoms with E-state index in [2.05, 4.69) is 24.2 Å². The monoisotopic (exact) mass is 1960 g/mol. The molecule has 15 nitrogen and oxygen atoms in total. The molecule has 0 unspecified atom stereocenters. The summed E-state index contributed by atoms with van der Waals surface area (Å²) in [5, 5.41) is 7.64. The molecule has 0 bridgehead atoms. The average Bonchev–Trinajstić information content (AvgIpc) is 1.49. The molecule has 0 spiro atoms. The van der Waals surface area contributed by atoms with Crippen molar-refractivity contribution in [2.75, 3.05) is 0 Å². The van der Waals surface area contributed by atoms with Crippen LogP contribution in [-0.2, 0) is 35.2 Å². The van der Waals surface area contributed by atoms with Crippen molar-refractivity contribution < 1.29 is 76.4 Å². The summed E-state index contributed by atoms with van der Waals surface area (Å²) in [5.41, 5.74) is 27.3. The molecule has 0 N–H and O–H groups in total. The van der Waals surface area contributed by atoms with E-state index >= 15 is 0 Å². The molecule has 0 radical (unpaired) electrons. The lowest BCUT2D eigenvalue weighted by molar-refractivity contribution is -0.667. The number of pyridine rings is 5. The summed E-state index contributed by atoms with van der Waals surface area (Å²) in [6.07, 6.45) is 12.5. The zero-order chi connectivity index (χ0) is 124. The van der Waals surface area contributed by atoms with Crippen LogP contribution < -0.4 is 22.8 Å². The maximum Gasteiger partial charge on any atom is 0.216 e. The van der Waals surface area contributed by atoms with Gasteiger partial charge in [-0.15, -0.1) is 0 Å². The fourth-order valence-corrected chi connectivity index (χ4v) is 21.6. The molecule has 147 heavy (non-hydrogen) atoms. The van der Waals surface area contributed by atoms with E-state index in [1.54, 1.807) is 111 Å². The van der Waals surface area contributed by atoms with E-state index in [-0.39, 0.29) is 70.2 Å². The van der Waals surface area contributed by atoms with Crippen molar-refractivity contribution in [3.63, 3.8) is 0 Å². The van der Waals surface area contributed by atoms with Crippen LogP contribution >= 0.6 is 0 Å². The van der Waals surface area contributed by atoms with E-state index in [1.807, 2.05) is 166 Å². The van der Waals surface area contributed by atoms with Gasteiger partial charge < -0.3 is 22.1 Å². The van der Waals surface area contributed by atoms with Crippen LogP contribution in [-0.4, -0.2) is 0 Å². The Morgan fingerprint density at radius 2 is 0.612 bits per heavy atom. The summed E-state index contributed by atoms with van der Waals surface area (Å²) in [4.78, 5) is 17.7. The third kappa shape index (κ3) is 18.1. The Kier molecular flexibility index (Phi) is 20.7. The molecule has 3 aliphatic rings. The highest BCUT2D eigenvalue weighted by molar-refractivity contribution is 6.16. The second-order valence-corrected chi connectivity index (χ2v) is 39.9. The minimum atomic E-state index is -2.44. The molecular formula is C132H133N10O5+5. The predicted molar refractivity (Wildman–Crippen MR) is 600 cm³/mol. The van der Waals surface area contributed by atoms with Gasteiger partial charge in [0.15, 0.2) is 56.9 Å². The van der Waals surface area contributed by atoms with Gasteiger partial charge in [0.1, 0.15) is 91.1 Å². The Morgan fingerprint density at radius 3 is 1.03 bits per heavy atom. The molecule has 3 aliphatic carbocycles. The zero-order valence-corrected chi connectivity index (χ0v) is 87.2. The molecule has 736 valence electrons. The van der Waals surface area contributed by atoms with Crippen LogP contribution in [0.1, 0.15) is 269 Å². The number of aryl methyl sites for hydroxylation is 10. The van der Waals surface area contributed by atoms with Gasteiger partial charge in [-0.25, -0.2) is 24.2 Å². The highest BCUT2D eigenvalue weighted by Crippen LogP contribution is 2.50. The SMILES string of the molecule is [2H]c1c(C)c(C([2H])([2H])[2H])c(C)[n+](C)c1-c1c(C)ccc2c1oc1c(C)c([N+]#[C-])ccc12.[2H]c1c(C)c(C([2H])([2H])[2H])c(C)[n+](C)c1-c1c(C)ccc2c1oc1cc([N+]#[C-])c(C)cc12.[2H]c1c(C2([2H])CCCCC2)c([2H])c(-c2c(C)cc(C([2H])([2H])[2H])c3c2oc2cc([N+]#[C-])ccc23)[n+](C)c1C.[2H]c1c(C2([2H])CCCCC2)c([2H])c(-c2c(C)ccc3c2oc2cc([N+]#[C-])c(C)cc23)[n+](C)c1C.[2H]c1c(C2([2H])CCCCC2)c([2H])c(-c2c(C)ccc3c2oc2cc([N+]#[C-])cc(C([2H])([2H])[2H])c23)[n+](C)c1C. The zero-order valence-electron chi connectivity index (χ0n) is 110. The third-order valence-electron chi connectivity index (χ3n) is 30.6. The van der Waals surface area contributed by atoms with Crippen LogP contribution in [0.5, 0.6) is 0 Å². The van der Waals surface area contributed by atoms with Crippen LogP contribution in [0.15, 0.2) is 192 Å². The number of rotatable bonds is 8. The molecular weight excluding hydrogens is 1810 g/mol. The van der Waals surface area contributed by atoms with Gasteiger partial charge in [-0.1, -0.05) is 155 Å². The van der Waals surface area contributed by atoms with Gasteiger partial charge in [-0.05, 0) is 261 Å². The minimum absolute atomic E-state index is 0.0608. The molecule has 23 rings (SSSR count). The van der Waals surface area contributed by atoms with Gasteiger partial charge in [-0.2, -0.15) is 22.8 Å². The topological polar surface area (TPSA) is 107 Å². The molecule has 10 aromatic carbocycles. The minimum Gasteiger partial charge on any atom is -0.456 e. The first-order chi connectivity index (χ1) is 79.9. The molecule has 3 fully saturated rings. The van der Waals surface area contributed by atoms with Crippen LogP contribution in [0, 0.1) is 164 Å². The smallest absolute Gasteiger partial charge is 0.216 e. The van der Waals surface area contributed by atoms with E-state index in [4.69, 9.17) is 78.2 Å². The molecule has 0 amide bonds. The van der Waals surface area contributed by atoms with Crippen molar-refractivity contribution in [2.24, 2.45) is 35.2 Å². The van der Waals surface area contributed by atoms with Gasteiger partial charge >= 0.3 is 0 Å². The van der Waals surface area contributed by atoms with Gasteiger partial charge in [0.25, 0.3) is 0 Å². The van der Waals surface area contributed by atoms with Crippen molar-refractivity contribution >= 4 is 138 Å². The largest absolute Gasteiger partial charge is 0.456 e. The van der Waals surface area contributed by atoms with Crippen LogP contribution in [0.4, 0.5) is 28.4 Å². The molecule has 20 aromatic rings. The van der Waals surface area contributed by atoms with Crippen molar-refractivity contribution in [1.82, 2.24) is 0 Å². The van der Waals surface area contributed by atoms with E-state index in [0.717, 1.165) is 151 Å². The second kappa shape index (κ2) is 40.4. The van der Waals surface area contributed by atoms with Crippen molar-refractivity contribution in [2.45, 2.75) is 245 Å². The lowest BCUT2D eigenvalue weighted by Gasteiger charge is -2.22. The maximum absolute atomic E-state index is 9.32. The Labute approximate surface area is 896 Å². The quantitative estimate of drug-likeness (QED) is 0.111. The lowest BCUT2D eigenvalue weighted by atomic mass is 9.83. The average molecular weight is 1960 g/mol. The second-order valence-electron chi connectivity index (χ2n) is 39.9. The first kappa shape index (κ1) is 75.2. The Balaban J connectivity index is 0.000000130.